The number of hydrogen-bond donors (Lipinski definition) is 1. The highest BCUT2D eigenvalue weighted by Gasteiger charge is 2.14. The summed E-state index contributed by atoms with van der Waals surface area (Å²) in [6.45, 7) is -0.852. The molecule has 2 rings (SSSR count). The van der Waals surface area contributed by atoms with Gasteiger partial charge in [0.1, 0.15) is 5.82 Å². The lowest BCUT2D eigenvalue weighted by Gasteiger charge is -2.16. The Balaban J connectivity index is 1.78. The lowest BCUT2D eigenvalue weighted by atomic mass is 10.2. The molecule has 2 amide bonds. The van der Waals surface area contributed by atoms with E-state index in [-0.39, 0.29) is 12.3 Å². The molecule has 0 spiro atoms. The van der Waals surface area contributed by atoms with Crippen LogP contribution in [0, 0.1) is 11.6 Å². The van der Waals surface area contributed by atoms with Gasteiger partial charge in [-0.15, -0.1) is 0 Å². The van der Waals surface area contributed by atoms with E-state index < -0.39 is 36.0 Å². The Morgan fingerprint density at radius 1 is 1.10 bits per heavy atom. The number of carbonyl (C=O) groups is 3. The Bertz CT molecular complexity index is 945. The van der Waals surface area contributed by atoms with Gasteiger partial charge in [0.25, 0.3) is 5.91 Å². The SMILES string of the molecule is COc1ccc(/C=C/C(=O)OCC(=O)N(C)CC(=O)Nc2ccc(F)cc2)cc1F. The highest BCUT2D eigenvalue weighted by atomic mass is 19.1. The van der Waals surface area contributed by atoms with Crippen molar-refractivity contribution in [2.24, 2.45) is 0 Å². The molecule has 1 N–H and O–H groups in total. The Hall–Kier alpha value is -3.75. The smallest absolute Gasteiger partial charge is 0.331 e. The molecule has 0 aliphatic carbocycles. The van der Waals surface area contributed by atoms with Gasteiger partial charge in [-0.1, -0.05) is 6.07 Å². The summed E-state index contributed by atoms with van der Waals surface area (Å²) in [5, 5.41) is 2.51. The molecule has 30 heavy (non-hydrogen) atoms. The molecule has 7 nitrogen and oxygen atoms in total. The number of nitrogens with zero attached hydrogens (tertiary/aromatic N) is 1. The van der Waals surface area contributed by atoms with Crippen LogP contribution < -0.4 is 10.1 Å². The molecule has 0 saturated carbocycles. The number of methoxy groups -OCH3 is 1. The summed E-state index contributed by atoms with van der Waals surface area (Å²) >= 11 is 0. The van der Waals surface area contributed by atoms with E-state index >= 15 is 0 Å². The first-order chi connectivity index (χ1) is 14.3. The van der Waals surface area contributed by atoms with E-state index in [4.69, 9.17) is 9.47 Å². The van der Waals surface area contributed by atoms with Crippen molar-refractivity contribution in [3.63, 3.8) is 0 Å². The molecule has 2 aromatic carbocycles. The van der Waals surface area contributed by atoms with E-state index in [2.05, 4.69) is 5.32 Å². The Labute approximate surface area is 171 Å². The van der Waals surface area contributed by atoms with Crippen LogP contribution in [0.2, 0.25) is 0 Å². The summed E-state index contributed by atoms with van der Waals surface area (Å²) in [4.78, 5) is 36.7. The first-order valence-electron chi connectivity index (χ1n) is 8.76. The number of hydrogen-bond acceptors (Lipinski definition) is 5. The molecular formula is C21H20F2N2O5. The number of halogens is 2. The van der Waals surface area contributed by atoms with Crippen LogP contribution in [0.15, 0.2) is 48.5 Å². The second-order valence-corrected chi connectivity index (χ2v) is 6.14. The van der Waals surface area contributed by atoms with Gasteiger partial charge in [0.05, 0.1) is 13.7 Å². The first kappa shape index (κ1) is 22.5. The average molecular weight is 418 g/mol. The minimum atomic E-state index is -0.802. The second kappa shape index (κ2) is 10.7. The molecule has 0 aliphatic rings. The molecule has 0 aromatic heterocycles. The standard InChI is InChI=1S/C21H20F2N2O5/c1-25(12-19(26)24-16-7-5-15(22)6-8-16)20(27)13-30-21(28)10-4-14-3-9-18(29-2)17(23)11-14/h3-11H,12-13H2,1-2H3,(H,24,26)/b10-4+. The summed E-state index contributed by atoms with van der Waals surface area (Å²) in [5.41, 5.74) is 0.792. The van der Waals surface area contributed by atoms with E-state index in [0.717, 1.165) is 11.0 Å². The second-order valence-electron chi connectivity index (χ2n) is 6.14. The van der Waals surface area contributed by atoms with Crippen LogP contribution >= 0.6 is 0 Å². The fourth-order valence-electron chi connectivity index (χ4n) is 2.28. The zero-order valence-electron chi connectivity index (χ0n) is 16.4. The van der Waals surface area contributed by atoms with Gasteiger partial charge in [-0.25, -0.2) is 13.6 Å². The van der Waals surface area contributed by atoms with Crippen LogP contribution in [-0.4, -0.2) is 50.0 Å². The third kappa shape index (κ3) is 7.01. The third-order valence-corrected chi connectivity index (χ3v) is 3.86. The summed E-state index contributed by atoms with van der Waals surface area (Å²) in [6.07, 6.45) is 2.38. The number of rotatable bonds is 8. The molecule has 0 atom stereocenters. The first-order valence-corrected chi connectivity index (χ1v) is 8.76. The van der Waals surface area contributed by atoms with Crippen LogP contribution in [0.1, 0.15) is 5.56 Å². The zero-order chi connectivity index (χ0) is 22.1. The van der Waals surface area contributed by atoms with Crippen molar-refractivity contribution < 1.29 is 32.6 Å². The topological polar surface area (TPSA) is 84.9 Å². The molecule has 158 valence electrons. The highest BCUT2D eigenvalue weighted by Crippen LogP contribution is 2.18. The highest BCUT2D eigenvalue weighted by molar-refractivity contribution is 5.95. The number of benzene rings is 2. The Kier molecular flexibility index (Phi) is 8.04. The molecule has 0 bridgehead atoms. The van der Waals surface area contributed by atoms with Crippen molar-refractivity contribution in [2.75, 3.05) is 32.6 Å². The van der Waals surface area contributed by atoms with E-state index in [0.29, 0.717) is 11.3 Å². The van der Waals surface area contributed by atoms with Gasteiger partial charge >= 0.3 is 5.97 Å². The third-order valence-electron chi connectivity index (χ3n) is 3.86. The van der Waals surface area contributed by atoms with Crippen molar-refractivity contribution in [3.05, 3.63) is 65.7 Å². The van der Waals surface area contributed by atoms with Crippen molar-refractivity contribution in [1.29, 1.82) is 0 Å². The summed E-state index contributed by atoms with van der Waals surface area (Å²) < 4.78 is 36.1. The zero-order valence-corrected chi connectivity index (χ0v) is 16.4. The Morgan fingerprint density at radius 2 is 1.80 bits per heavy atom. The summed E-state index contributed by atoms with van der Waals surface area (Å²) in [5.74, 6) is -2.83. The molecule has 0 unspecified atom stereocenters. The quantitative estimate of drug-likeness (QED) is 0.526. The predicted octanol–water partition coefficient (Wildman–Crippen LogP) is 2.63. The molecule has 9 heteroatoms. The largest absolute Gasteiger partial charge is 0.494 e. The molecule has 0 radical (unpaired) electrons. The minimum absolute atomic E-state index is 0.0758. The fourth-order valence-corrected chi connectivity index (χ4v) is 2.28. The maximum atomic E-state index is 13.6. The summed E-state index contributed by atoms with van der Waals surface area (Å²) in [6, 6.07) is 9.30. The number of nitrogens with one attached hydrogen (secondary N) is 1. The van der Waals surface area contributed by atoms with Crippen molar-refractivity contribution in [3.8, 4) is 5.75 Å². The van der Waals surface area contributed by atoms with Gasteiger partial charge in [0.2, 0.25) is 5.91 Å². The van der Waals surface area contributed by atoms with Gasteiger partial charge in [-0.2, -0.15) is 0 Å². The van der Waals surface area contributed by atoms with Crippen molar-refractivity contribution in [1.82, 2.24) is 4.90 Å². The van der Waals surface area contributed by atoms with E-state index in [1.165, 1.54) is 56.6 Å². The predicted molar refractivity (Wildman–Crippen MR) is 106 cm³/mol. The average Bonchev–Trinajstić information content (AvgIpc) is 2.72. The molecule has 2 aromatic rings. The normalized spacial score (nSPS) is 10.5. The van der Waals surface area contributed by atoms with Gasteiger partial charge < -0.3 is 19.7 Å². The van der Waals surface area contributed by atoms with Crippen molar-refractivity contribution >= 4 is 29.5 Å². The van der Waals surface area contributed by atoms with Gasteiger partial charge in [0.15, 0.2) is 18.2 Å². The monoisotopic (exact) mass is 418 g/mol. The van der Waals surface area contributed by atoms with E-state index in [1.54, 1.807) is 6.07 Å². The van der Waals surface area contributed by atoms with Gasteiger partial charge in [0, 0.05) is 18.8 Å². The maximum Gasteiger partial charge on any atom is 0.331 e. The number of esters is 1. The van der Waals surface area contributed by atoms with E-state index in [9.17, 15) is 23.2 Å². The molecular weight excluding hydrogens is 398 g/mol. The number of anilines is 1. The van der Waals surface area contributed by atoms with Crippen LogP contribution in [0.4, 0.5) is 14.5 Å². The van der Waals surface area contributed by atoms with Gasteiger partial charge in [-0.05, 0) is 48.0 Å². The minimum Gasteiger partial charge on any atom is -0.494 e. The molecule has 0 aliphatic heterocycles. The maximum absolute atomic E-state index is 13.6. The van der Waals surface area contributed by atoms with Crippen molar-refractivity contribution in [2.45, 2.75) is 0 Å². The fraction of sp³-hybridized carbons (Fsp3) is 0.190. The lowest BCUT2D eigenvalue weighted by Crippen LogP contribution is -2.37. The number of likely N-dealkylation sites (N-methyl/N-ethyl adjacent to an activating group) is 1. The molecule has 0 fully saturated rings. The van der Waals surface area contributed by atoms with Crippen LogP contribution in [-0.2, 0) is 19.1 Å². The Morgan fingerprint density at radius 3 is 2.43 bits per heavy atom. The molecule has 0 saturated heterocycles. The van der Waals surface area contributed by atoms with Gasteiger partial charge in [-0.3, -0.25) is 9.59 Å². The van der Waals surface area contributed by atoms with Crippen LogP contribution in [0.25, 0.3) is 6.08 Å². The number of ether oxygens (including phenoxy) is 2. The lowest BCUT2D eigenvalue weighted by molar-refractivity contribution is -0.148. The summed E-state index contributed by atoms with van der Waals surface area (Å²) in [7, 11) is 2.71. The molecule has 0 heterocycles. The number of carbonyl (C=O) groups excluding carboxylic acids is 3. The van der Waals surface area contributed by atoms with Crippen LogP contribution in [0.5, 0.6) is 5.75 Å². The van der Waals surface area contributed by atoms with E-state index in [1.807, 2.05) is 0 Å². The van der Waals surface area contributed by atoms with Crippen LogP contribution in [0.3, 0.4) is 0 Å². The number of amides is 2.